The van der Waals surface area contributed by atoms with Gasteiger partial charge in [-0.2, -0.15) is 0 Å². The summed E-state index contributed by atoms with van der Waals surface area (Å²) in [4.78, 5) is 12.3. The highest BCUT2D eigenvalue weighted by atomic mass is 32.2. The fraction of sp³-hybridized carbons (Fsp3) is 0.435. The standard InChI is InChI=1S/C23H31FN2O6S/c1-4-20(26-33(28,29)5-2)23(27)25-13-12-17-6-11-21(22(16-17)30-3)32-15-14-31-19-9-7-18(24)8-10-19/h6-11,16,20,26H,4-5,12-15H2,1-3H3,(H,25,27). The van der Waals surface area contributed by atoms with E-state index in [0.717, 1.165) is 5.56 Å². The van der Waals surface area contributed by atoms with Crippen LogP contribution in [0.4, 0.5) is 4.39 Å². The second kappa shape index (κ2) is 13.0. The van der Waals surface area contributed by atoms with Gasteiger partial charge >= 0.3 is 0 Å². The molecule has 0 aromatic heterocycles. The van der Waals surface area contributed by atoms with E-state index < -0.39 is 16.1 Å². The van der Waals surface area contributed by atoms with Crippen molar-refractivity contribution in [2.45, 2.75) is 32.7 Å². The Labute approximate surface area is 194 Å². The van der Waals surface area contributed by atoms with Crippen LogP contribution in [-0.2, 0) is 21.2 Å². The number of ether oxygens (including phenoxy) is 3. The van der Waals surface area contributed by atoms with Gasteiger partial charge in [0.1, 0.15) is 30.8 Å². The van der Waals surface area contributed by atoms with Gasteiger partial charge in [0.2, 0.25) is 15.9 Å². The number of sulfonamides is 1. The molecule has 0 aliphatic carbocycles. The summed E-state index contributed by atoms with van der Waals surface area (Å²) >= 11 is 0. The highest BCUT2D eigenvalue weighted by Gasteiger charge is 2.21. The maximum Gasteiger partial charge on any atom is 0.238 e. The zero-order valence-corrected chi connectivity index (χ0v) is 19.9. The number of amides is 1. The molecule has 10 heteroatoms. The first-order valence-corrected chi connectivity index (χ1v) is 12.4. The maximum atomic E-state index is 12.9. The molecule has 2 rings (SSSR count). The maximum absolute atomic E-state index is 12.9. The number of rotatable bonds is 14. The van der Waals surface area contributed by atoms with Gasteiger partial charge in [0.25, 0.3) is 0 Å². The first kappa shape index (κ1) is 26.4. The molecule has 2 aromatic carbocycles. The largest absolute Gasteiger partial charge is 0.493 e. The van der Waals surface area contributed by atoms with Crippen LogP contribution in [0.5, 0.6) is 17.2 Å². The molecule has 0 spiro atoms. The van der Waals surface area contributed by atoms with Crippen LogP contribution in [0, 0.1) is 5.82 Å². The third-order valence-electron chi connectivity index (χ3n) is 4.79. The van der Waals surface area contributed by atoms with Gasteiger partial charge in [0, 0.05) is 6.54 Å². The lowest BCUT2D eigenvalue weighted by Crippen LogP contribution is -2.47. The summed E-state index contributed by atoms with van der Waals surface area (Å²) in [7, 11) is -1.92. The minimum absolute atomic E-state index is 0.0800. The summed E-state index contributed by atoms with van der Waals surface area (Å²) in [6.45, 7) is 4.17. The number of halogens is 1. The normalized spacial score (nSPS) is 12.1. The van der Waals surface area contributed by atoms with Gasteiger partial charge in [0.15, 0.2) is 11.5 Å². The Hall–Kier alpha value is -2.85. The van der Waals surface area contributed by atoms with Gasteiger partial charge in [-0.1, -0.05) is 13.0 Å². The van der Waals surface area contributed by atoms with Crippen LogP contribution in [-0.4, -0.2) is 53.0 Å². The molecule has 182 valence electrons. The predicted molar refractivity (Wildman–Crippen MR) is 124 cm³/mol. The van der Waals surface area contributed by atoms with Crippen LogP contribution in [0.15, 0.2) is 42.5 Å². The van der Waals surface area contributed by atoms with Crippen molar-refractivity contribution in [3.8, 4) is 17.2 Å². The van der Waals surface area contributed by atoms with E-state index in [1.165, 1.54) is 26.2 Å². The molecule has 2 N–H and O–H groups in total. The zero-order valence-electron chi connectivity index (χ0n) is 19.1. The quantitative estimate of drug-likeness (QED) is 0.402. The van der Waals surface area contributed by atoms with Crippen molar-refractivity contribution in [3.05, 3.63) is 53.8 Å². The van der Waals surface area contributed by atoms with Crippen LogP contribution >= 0.6 is 0 Å². The van der Waals surface area contributed by atoms with Gasteiger partial charge in [-0.25, -0.2) is 17.5 Å². The van der Waals surface area contributed by atoms with Gasteiger partial charge in [-0.15, -0.1) is 0 Å². The van der Waals surface area contributed by atoms with E-state index >= 15 is 0 Å². The van der Waals surface area contributed by atoms with E-state index in [1.54, 1.807) is 25.1 Å². The number of hydrogen-bond donors (Lipinski definition) is 2. The summed E-state index contributed by atoms with van der Waals surface area (Å²) in [6.07, 6.45) is 0.892. The van der Waals surface area contributed by atoms with Gasteiger partial charge in [-0.05, 0) is 61.7 Å². The minimum atomic E-state index is -3.46. The molecule has 0 fully saturated rings. The number of carbonyl (C=O) groups is 1. The van der Waals surface area contributed by atoms with Crippen molar-refractivity contribution in [1.29, 1.82) is 0 Å². The van der Waals surface area contributed by atoms with E-state index in [2.05, 4.69) is 10.0 Å². The molecule has 0 heterocycles. The zero-order chi connectivity index (χ0) is 24.3. The SMILES string of the molecule is CCC(NS(=O)(=O)CC)C(=O)NCCc1ccc(OCCOc2ccc(F)cc2)c(OC)c1. The lowest BCUT2D eigenvalue weighted by molar-refractivity contribution is -0.122. The molecule has 8 nitrogen and oxygen atoms in total. The van der Waals surface area contributed by atoms with Crippen molar-refractivity contribution in [2.75, 3.05) is 32.6 Å². The molecule has 0 radical (unpaired) electrons. The summed E-state index contributed by atoms with van der Waals surface area (Å²) < 4.78 is 55.4. The number of hydrogen-bond acceptors (Lipinski definition) is 6. The van der Waals surface area contributed by atoms with E-state index in [-0.39, 0.29) is 30.7 Å². The molecule has 0 saturated carbocycles. The third-order valence-corrected chi connectivity index (χ3v) is 6.19. The Morgan fingerprint density at radius 2 is 1.73 bits per heavy atom. The lowest BCUT2D eigenvalue weighted by Gasteiger charge is -2.16. The minimum Gasteiger partial charge on any atom is -0.493 e. The van der Waals surface area contributed by atoms with Crippen molar-refractivity contribution in [1.82, 2.24) is 10.0 Å². The van der Waals surface area contributed by atoms with Crippen LogP contribution < -0.4 is 24.2 Å². The topological polar surface area (TPSA) is 103 Å². The van der Waals surface area contributed by atoms with Crippen LogP contribution in [0.1, 0.15) is 25.8 Å². The fourth-order valence-electron chi connectivity index (χ4n) is 2.90. The van der Waals surface area contributed by atoms with Crippen LogP contribution in [0.2, 0.25) is 0 Å². The van der Waals surface area contributed by atoms with E-state index in [1.807, 2.05) is 12.1 Å². The second-order valence-corrected chi connectivity index (χ2v) is 9.20. The Kier molecular flexibility index (Phi) is 10.4. The summed E-state index contributed by atoms with van der Waals surface area (Å²) in [5.74, 6) is 0.883. The molecule has 33 heavy (non-hydrogen) atoms. The van der Waals surface area contributed by atoms with E-state index in [0.29, 0.717) is 36.6 Å². The Bertz CT molecular complexity index is 999. The van der Waals surface area contributed by atoms with E-state index in [9.17, 15) is 17.6 Å². The average molecular weight is 483 g/mol. The fourth-order valence-corrected chi connectivity index (χ4v) is 3.78. The van der Waals surface area contributed by atoms with Crippen molar-refractivity contribution in [3.63, 3.8) is 0 Å². The molecular formula is C23H31FN2O6S. The average Bonchev–Trinajstić information content (AvgIpc) is 2.81. The molecule has 0 bridgehead atoms. The van der Waals surface area contributed by atoms with Gasteiger partial charge in [0.05, 0.1) is 12.9 Å². The number of nitrogens with one attached hydrogen (secondary N) is 2. The van der Waals surface area contributed by atoms with E-state index in [4.69, 9.17) is 14.2 Å². The molecule has 1 unspecified atom stereocenters. The number of carbonyl (C=O) groups excluding carboxylic acids is 1. The molecule has 0 saturated heterocycles. The highest BCUT2D eigenvalue weighted by molar-refractivity contribution is 7.89. The predicted octanol–water partition coefficient (Wildman–Crippen LogP) is 2.67. The molecule has 1 atom stereocenters. The summed E-state index contributed by atoms with van der Waals surface area (Å²) in [5, 5.41) is 2.76. The monoisotopic (exact) mass is 482 g/mol. The first-order valence-electron chi connectivity index (χ1n) is 10.7. The third kappa shape index (κ3) is 8.89. The van der Waals surface area contributed by atoms with Crippen molar-refractivity contribution >= 4 is 15.9 Å². The molecule has 2 aromatic rings. The Balaban J connectivity index is 1.82. The lowest BCUT2D eigenvalue weighted by atomic mass is 10.1. The number of methoxy groups -OCH3 is 1. The molecule has 0 aliphatic rings. The Morgan fingerprint density at radius 3 is 2.36 bits per heavy atom. The highest BCUT2D eigenvalue weighted by Crippen LogP contribution is 2.28. The van der Waals surface area contributed by atoms with Crippen LogP contribution in [0.3, 0.4) is 0 Å². The Morgan fingerprint density at radius 1 is 1.03 bits per heavy atom. The van der Waals surface area contributed by atoms with Crippen LogP contribution in [0.25, 0.3) is 0 Å². The van der Waals surface area contributed by atoms with Crippen molar-refractivity contribution in [2.24, 2.45) is 0 Å². The second-order valence-electron chi connectivity index (χ2n) is 7.16. The van der Waals surface area contributed by atoms with Crippen molar-refractivity contribution < 1.29 is 31.8 Å². The molecule has 1 amide bonds. The first-order chi connectivity index (χ1) is 15.8. The van der Waals surface area contributed by atoms with Gasteiger partial charge in [-0.3, -0.25) is 4.79 Å². The van der Waals surface area contributed by atoms with Gasteiger partial charge < -0.3 is 19.5 Å². The summed E-state index contributed by atoms with van der Waals surface area (Å²) in [5.41, 5.74) is 0.921. The molecular weight excluding hydrogens is 451 g/mol. The molecule has 0 aliphatic heterocycles. The number of benzene rings is 2. The summed E-state index contributed by atoms with van der Waals surface area (Å²) in [6, 6.07) is 10.4. The smallest absolute Gasteiger partial charge is 0.238 e.